The predicted octanol–water partition coefficient (Wildman–Crippen LogP) is 1.79. The van der Waals surface area contributed by atoms with E-state index in [1.165, 1.54) is 57.4 Å². The highest BCUT2D eigenvalue weighted by Crippen LogP contribution is 2.35. The molecule has 1 aliphatic heterocycles. The normalized spacial score (nSPS) is 28.1. The summed E-state index contributed by atoms with van der Waals surface area (Å²) in [6.07, 6.45) is 11.0. The summed E-state index contributed by atoms with van der Waals surface area (Å²) in [6, 6.07) is 1.69. The van der Waals surface area contributed by atoms with E-state index >= 15 is 0 Å². The number of nitrogens with one attached hydrogen (secondary N) is 1. The van der Waals surface area contributed by atoms with Crippen molar-refractivity contribution in [2.24, 2.45) is 5.92 Å². The topological polar surface area (TPSA) is 33.1 Å². The van der Waals surface area contributed by atoms with Gasteiger partial charge in [0.25, 0.3) is 0 Å². The van der Waals surface area contributed by atoms with Gasteiger partial charge in [0.2, 0.25) is 0 Å². The summed E-state index contributed by atoms with van der Waals surface area (Å²) in [5, 5.41) is 3.65. The molecule has 2 saturated carbocycles. The van der Waals surface area contributed by atoms with E-state index in [1.54, 1.807) is 0 Å². The van der Waals surface area contributed by atoms with Gasteiger partial charge < -0.3 is 14.8 Å². The van der Waals surface area contributed by atoms with Crippen molar-refractivity contribution in [3.8, 4) is 0 Å². The summed E-state index contributed by atoms with van der Waals surface area (Å²) in [4.78, 5) is 6.99. The first kappa shape index (κ1) is 11.9. The SMILES string of the molecule is c1ncn(C2CC2)c1CNCC1CCN(C2CC2)C1. The van der Waals surface area contributed by atoms with Gasteiger partial charge >= 0.3 is 0 Å². The molecule has 1 saturated heterocycles. The summed E-state index contributed by atoms with van der Waals surface area (Å²) in [5.41, 5.74) is 1.36. The molecule has 4 heteroatoms. The van der Waals surface area contributed by atoms with E-state index in [1.807, 2.05) is 12.5 Å². The molecule has 1 unspecified atom stereocenters. The van der Waals surface area contributed by atoms with Crippen LogP contribution in [0.1, 0.15) is 43.8 Å². The molecule has 0 aromatic carbocycles. The maximum absolute atomic E-state index is 4.29. The van der Waals surface area contributed by atoms with E-state index in [2.05, 4.69) is 19.8 Å². The molecule has 1 aromatic rings. The van der Waals surface area contributed by atoms with Crippen molar-refractivity contribution in [3.63, 3.8) is 0 Å². The first-order valence-corrected chi connectivity index (χ1v) is 7.85. The zero-order chi connectivity index (χ0) is 12.7. The fourth-order valence-electron chi connectivity index (χ4n) is 3.36. The van der Waals surface area contributed by atoms with E-state index in [0.717, 1.165) is 24.5 Å². The number of likely N-dealkylation sites (tertiary alicyclic amines) is 1. The van der Waals surface area contributed by atoms with Gasteiger partial charge in [-0.2, -0.15) is 0 Å². The van der Waals surface area contributed by atoms with Crippen molar-refractivity contribution in [1.29, 1.82) is 0 Å². The number of hydrogen-bond donors (Lipinski definition) is 1. The second-order valence-electron chi connectivity index (χ2n) is 6.54. The average Bonchev–Trinajstić information content (AvgIpc) is 3.35. The molecule has 4 nitrogen and oxygen atoms in total. The lowest BCUT2D eigenvalue weighted by molar-refractivity contribution is 0.311. The minimum Gasteiger partial charge on any atom is -0.330 e. The van der Waals surface area contributed by atoms with Gasteiger partial charge in [0.15, 0.2) is 0 Å². The summed E-state index contributed by atoms with van der Waals surface area (Å²) >= 11 is 0. The quantitative estimate of drug-likeness (QED) is 0.846. The maximum Gasteiger partial charge on any atom is 0.0951 e. The van der Waals surface area contributed by atoms with Crippen molar-refractivity contribution in [1.82, 2.24) is 19.8 Å². The van der Waals surface area contributed by atoms with Crippen LogP contribution in [0.25, 0.3) is 0 Å². The van der Waals surface area contributed by atoms with Crippen LogP contribution in [0.4, 0.5) is 0 Å². The maximum atomic E-state index is 4.29. The van der Waals surface area contributed by atoms with Gasteiger partial charge in [0.1, 0.15) is 0 Å². The molecule has 2 aliphatic carbocycles. The zero-order valence-electron chi connectivity index (χ0n) is 11.6. The van der Waals surface area contributed by atoms with Crippen molar-refractivity contribution in [3.05, 3.63) is 18.2 Å². The van der Waals surface area contributed by atoms with E-state index in [9.17, 15) is 0 Å². The van der Waals surface area contributed by atoms with Crippen molar-refractivity contribution >= 4 is 0 Å². The Hall–Kier alpha value is -0.870. The lowest BCUT2D eigenvalue weighted by atomic mass is 10.1. The molecule has 1 N–H and O–H groups in total. The third kappa shape index (κ3) is 2.70. The number of nitrogens with zero attached hydrogens (tertiary/aromatic N) is 3. The number of imidazole rings is 1. The van der Waals surface area contributed by atoms with E-state index < -0.39 is 0 Å². The predicted molar refractivity (Wildman–Crippen MR) is 74.9 cm³/mol. The van der Waals surface area contributed by atoms with Gasteiger partial charge in [-0.3, -0.25) is 0 Å². The van der Waals surface area contributed by atoms with Crippen LogP contribution in [0.5, 0.6) is 0 Å². The highest BCUT2D eigenvalue weighted by atomic mass is 15.2. The second-order valence-corrected chi connectivity index (χ2v) is 6.54. The highest BCUT2D eigenvalue weighted by molar-refractivity contribution is 5.03. The summed E-state index contributed by atoms with van der Waals surface area (Å²) in [5.74, 6) is 0.859. The third-order valence-corrected chi connectivity index (χ3v) is 4.81. The molecule has 0 spiro atoms. The van der Waals surface area contributed by atoms with E-state index in [4.69, 9.17) is 0 Å². The zero-order valence-corrected chi connectivity index (χ0v) is 11.6. The van der Waals surface area contributed by atoms with Gasteiger partial charge in [-0.1, -0.05) is 0 Å². The van der Waals surface area contributed by atoms with E-state index in [0.29, 0.717) is 0 Å². The average molecular weight is 260 g/mol. The van der Waals surface area contributed by atoms with Crippen molar-refractivity contribution in [2.75, 3.05) is 19.6 Å². The van der Waals surface area contributed by atoms with Crippen molar-refractivity contribution < 1.29 is 0 Å². The molecule has 19 heavy (non-hydrogen) atoms. The molecule has 0 bridgehead atoms. The monoisotopic (exact) mass is 260 g/mol. The summed E-state index contributed by atoms with van der Waals surface area (Å²) in [7, 11) is 0. The number of rotatable bonds is 6. The Morgan fingerprint density at radius 2 is 2.00 bits per heavy atom. The van der Waals surface area contributed by atoms with Crippen LogP contribution in [0.3, 0.4) is 0 Å². The fraction of sp³-hybridized carbons (Fsp3) is 0.800. The molecule has 1 aromatic heterocycles. The van der Waals surface area contributed by atoms with Gasteiger partial charge in [0, 0.05) is 31.4 Å². The minimum atomic E-state index is 0.746. The van der Waals surface area contributed by atoms with Crippen LogP contribution in [0, 0.1) is 5.92 Å². The van der Waals surface area contributed by atoms with Crippen LogP contribution in [-0.4, -0.2) is 40.1 Å². The van der Waals surface area contributed by atoms with Crippen molar-refractivity contribution in [2.45, 2.75) is 50.7 Å². The van der Waals surface area contributed by atoms with Crippen LogP contribution < -0.4 is 5.32 Å². The summed E-state index contributed by atoms with van der Waals surface area (Å²) < 4.78 is 2.36. The molecule has 1 atom stereocenters. The van der Waals surface area contributed by atoms with Crippen LogP contribution in [0.2, 0.25) is 0 Å². The Labute approximate surface area is 115 Å². The summed E-state index contributed by atoms with van der Waals surface area (Å²) in [6.45, 7) is 4.80. The first-order chi connectivity index (χ1) is 9.40. The van der Waals surface area contributed by atoms with E-state index in [-0.39, 0.29) is 0 Å². The first-order valence-electron chi connectivity index (χ1n) is 7.85. The Morgan fingerprint density at radius 1 is 1.16 bits per heavy atom. The molecule has 0 amide bonds. The minimum absolute atomic E-state index is 0.746. The van der Waals surface area contributed by atoms with Gasteiger partial charge in [-0.25, -0.2) is 4.98 Å². The Bertz CT molecular complexity index is 433. The highest BCUT2D eigenvalue weighted by Gasteiger charge is 2.34. The molecular weight excluding hydrogens is 236 g/mol. The van der Waals surface area contributed by atoms with Crippen LogP contribution in [0.15, 0.2) is 12.5 Å². The number of hydrogen-bond acceptors (Lipinski definition) is 3. The lowest BCUT2D eigenvalue weighted by Crippen LogP contribution is -2.27. The number of aromatic nitrogens is 2. The van der Waals surface area contributed by atoms with Gasteiger partial charge in [-0.05, 0) is 51.1 Å². The Kier molecular flexibility index (Phi) is 3.08. The van der Waals surface area contributed by atoms with Gasteiger partial charge in [0.05, 0.1) is 12.0 Å². The standard InChI is InChI=1S/C15H24N4/c1-2-13(1)18-6-5-12(10-18)7-16-8-15-9-17-11-19(15)14-3-4-14/h9,11-14,16H,1-8,10H2. The second kappa shape index (κ2) is 4.91. The Balaban J connectivity index is 1.23. The molecule has 104 valence electrons. The van der Waals surface area contributed by atoms with Crippen LogP contribution in [-0.2, 0) is 6.54 Å². The molecule has 3 aliphatic rings. The molecular formula is C15H24N4. The molecule has 2 heterocycles. The molecule has 4 rings (SSSR count). The Morgan fingerprint density at radius 3 is 2.79 bits per heavy atom. The van der Waals surface area contributed by atoms with Crippen LogP contribution >= 0.6 is 0 Å². The lowest BCUT2D eigenvalue weighted by Gasteiger charge is -2.15. The smallest absolute Gasteiger partial charge is 0.0951 e. The third-order valence-electron chi connectivity index (χ3n) is 4.81. The molecule has 0 radical (unpaired) electrons. The molecule has 3 fully saturated rings. The van der Waals surface area contributed by atoms with Gasteiger partial charge in [-0.15, -0.1) is 0 Å². The largest absolute Gasteiger partial charge is 0.330 e. The fourth-order valence-corrected chi connectivity index (χ4v) is 3.36.